The monoisotopic (exact) mass is 445 g/mol. The number of carbonyl (C=O) groups excluding carboxylic acids is 1. The van der Waals surface area contributed by atoms with Gasteiger partial charge in [0.25, 0.3) is 5.69 Å². The van der Waals surface area contributed by atoms with Gasteiger partial charge in [-0.15, -0.1) is 0 Å². The lowest BCUT2D eigenvalue weighted by Crippen LogP contribution is -2.51. The van der Waals surface area contributed by atoms with Crippen molar-refractivity contribution in [3.05, 3.63) is 68.3 Å². The highest BCUT2D eigenvalue weighted by molar-refractivity contribution is 7.89. The van der Waals surface area contributed by atoms with E-state index in [0.717, 1.165) is 22.3 Å². The minimum atomic E-state index is -3.69. The number of nitrogens with zero attached hydrogens (tertiary/aromatic N) is 3. The Morgan fingerprint density at radius 3 is 2.10 bits per heavy atom. The van der Waals surface area contributed by atoms with Crippen molar-refractivity contribution in [3.8, 4) is 0 Å². The summed E-state index contributed by atoms with van der Waals surface area (Å²) < 4.78 is 28.2. The van der Waals surface area contributed by atoms with Gasteiger partial charge in [0.15, 0.2) is 0 Å². The molecule has 0 bridgehead atoms. The van der Waals surface area contributed by atoms with E-state index >= 15 is 0 Å². The number of carbonyl (C=O) groups is 1. The molecule has 9 heteroatoms. The average Bonchev–Trinajstić information content (AvgIpc) is 2.72. The van der Waals surface area contributed by atoms with Gasteiger partial charge in [0.05, 0.1) is 16.2 Å². The summed E-state index contributed by atoms with van der Waals surface area (Å²) in [5, 5.41) is 11.2. The van der Waals surface area contributed by atoms with Crippen molar-refractivity contribution in [1.82, 2.24) is 9.21 Å². The van der Waals surface area contributed by atoms with Crippen LogP contribution in [0.2, 0.25) is 0 Å². The molecule has 1 saturated heterocycles. The van der Waals surface area contributed by atoms with Gasteiger partial charge in [-0.05, 0) is 49.9 Å². The Morgan fingerprint density at radius 2 is 1.55 bits per heavy atom. The molecule has 0 aromatic heterocycles. The maximum absolute atomic E-state index is 13.4. The first kappa shape index (κ1) is 22.9. The maximum atomic E-state index is 13.4. The summed E-state index contributed by atoms with van der Waals surface area (Å²) in [7, 11) is -3.69. The molecule has 0 N–H and O–H groups in total. The summed E-state index contributed by atoms with van der Waals surface area (Å²) in [4.78, 5) is 25.3. The van der Waals surface area contributed by atoms with E-state index in [1.54, 1.807) is 23.1 Å². The van der Waals surface area contributed by atoms with Gasteiger partial charge in [-0.3, -0.25) is 14.9 Å². The van der Waals surface area contributed by atoms with E-state index in [-0.39, 0.29) is 44.2 Å². The third-order valence-electron chi connectivity index (χ3n) is 6.02. The fraction of sp³-hybridized carbons (Fsp3) is 0.409. The van der Waals surface area contributed by atoms with Crippen molar-refractivity contribution in [1.29, 1.82) is 0 Å². The molecule has 0 radical (unpaired) electrons. The van der Waals surface area contributed by atoms with Gasteiger partial charge in [0.2, 0.25) is 15.9 Å². The summed E-state index contributed by atoms with van der Waals surface area (Å²) in [6.07, 6.45) is -0.0841. The standard InChI is InChI=1S/C22H27N3O5S/c1-15-13-16(2)18(4)22(17(15)3)31(29,30)24-11-9-23(10-12-24)21(26)14-19-7-5-6-8-20(19)25(27)28/h5-8,13H,9-12,14H2,1-4H3. The third-order valence-corrected chi connectivity index (χ3v) is 8.19. The van der Waals surface area contributed by atoms with Crippen LogP contribution in [0.25, 0.3) is 0 Å². The molecule has 0 unspecified atom stereocenters. The van der Waals surface area contributed by atoms with Crippen molar-refractivity contribution in [2.75, 3.05) is 26.2 Å². The summed E-state index contributed by atoms with van der Waals surface area (Å²) in [6, 6.07) is 8.16. The number of benzene rings is 2. The normalized spacial score (nSPS) is 15.2. The summed E-state index contributed by atoms with van der Waals surface area (Å²) in [5.41, 5.74) is 3.63. The Bertz CT molecular complexity index is 1110. The second-order valence-corrected chi connectivity index (χ2v) is 9.81. The molecule has 8 nitrogen and oxygen atoms in total. The van der Waals surface area contributed by atoms with Crippen LogP contribution in [0.4, 0.5) is 5.69 Å². The largest absolute Gasteiger partial charge is 0.340 e. The molecule has 1 aliphatic heterocycles. The highest BCUT2D eigenvalue weighted by Crippen LogP contribution is 2.29. The molecule has 3 rings (SSSR count). The van der Waals surface area contributed by atoms with Crippen LogP contribution in [-0.2, 0) is 21.2 Å². The Kier molecular flexibility index (Phi) is 6.47. The number of amides is 1. The van der Waals surface area contributed by atoms with Gasteiger partial charge in [-0.25, -0.2) is 8.42 Å². The van der Waals surface area contributed by atoms with Crippen LogP contribution in [0.1, 0.15) is 27.8 Å². The number of nitro groups is 1. The molecule has 0 saturated carbocycles. The molecule has 0 spiro atoms. The number of rotatable bonds is 5. The van der Waals surface area contributed by atoms with Gasteiger partial charge in [0.1, 0.15) is 0 Å². The number of nitro benzene ring substituents is 1. The van der Waals surface area contributed by atoms with Gasteiger partial charge >= 0.3 is 0 Å². The zero-order chi connectivity index (χ0) is 22.9. The molecular formula is C22H27N3O5S. The van der Waals surface area contributed by atoms with Crippen molar-refractivity contribution in [2.24, 2.45) is 0 Å². The van der Waals surface area contributed by atoms with Gasteiger partial charge in [0, 0.05) is 37.8 Å². The van der Waals surface area contributed by atoms with Crippen LogP contribution in [0.5, 0.6) is 0 Å². The van der Waals surface area contributed by atoms with Crippen LogP contribution in [-0.4, -0.2) is 54.6 Å². The first-order valence-corrected chi connectivity index (χ1v) is 11.6. The summed E-state index contributed by atoms with van der Waals surface area (Å²) >= 11 is 0. The van der Waals surface area contributed by atoms with Crippen LogP contribution in [0, 0.1) is 37.8 Å². The van der Waals surface area contributed by atoms with Crippen molar-refractivity contribution in [3.63, 3.8) is 0 Å². The molecule has 1 heterocycles. The number of para-hydroxylation sites is 1. The quantitative estimate of drug-likeness (QED) is 0.520. The Balaban J connectivity index is 1.74. The van der Waals surface area contributed by atoms with Gasteiger partial charge < -0.3 is 4.90 Å². The Morgan fingerprint density at radius 1 is 1.00 bits per heavy atom. The maximum Gasteiger partial charge on any atom is 0.273 e. The lowest BCUT2D eigenvalue weighted by Gasteiger charge is -2.35. The van der Waals surface area contributed by atoms with E-state index < -0.39 is 14.9 Å². The predicted octanol–water partition coefficient (Wildman–Crippen LogP) is 2.90. The first-order chi connectivity index (χ1) is 14.5. The highest BCUT2D eigenvalue weighted by Gasteiger charge is 2.33. The predicted molar refractivity (Wildman–Crippen MR) is 118 cm³/mol. The van der Waals surface area contributed by atoms with E-state index in [1.165, 1.54) is 10.4 Å². The second-order valence-electron chi connectivity index (χ2n) is 7.94. The molecule has 1 amide bonds. The molecule has 0 aliphatic carbocycles. The van der Waals surface area contributed by atoms with E-state index in [9.17, 15) is 23.3 Å². The van der Waals surface area contributed by atoms with Gasteiger partial charge in [-0.2, -0.15) is 4.31 Å². The zero-order valence-corrected chi connectivity index (χ0v) is 19.0. The fourth-order valence-electron chi connectivity index (χ4n) is 3.99. The molecule has 2 aromatic carbocycles. The van der Waals surface area contributed by atoms with E-state index in [4.69, 9.17) is 0 Å². The molecule has 31 heavy (non-hydrogen) atoms. The molecular weight excluding hydrogens is 418 g/mol. The number of sulfonamides is 1. The number of aryl methyl sites for hydroxylation is 2. The number of piperazine rings is 1. The van der Waals surface area contributed by atoms with Crippen molar-refractivity contribution >= 4 is 21.6 Å². The van der Waals surface area contributed by atoms with E-state index in [2.05, 4.69) is 0 Å². The fourth-order valence-corrected chi connectivity index (χ4v) is 5.99. The molecule has 2 aromatic rings. The minimum absolute atomic E-state index is 0.0841. The van der Waals surface area contributed by atoms with E-state index in [1.807, 2.05) is 33.8 Å². The van der Waals surface area contributed by atoms with E-state index in [0.29, 0.717) is 10.5 Å². The lowest BCUT2D eigenvalue weighted by atomic mass is 10.0. The van der Waals surface area contributed by atoms with Crippen LogP contribution in [0.3, 0.4) is 0 Å². The number of hydrogen-bond acceptors (Lipinski definition) is 5. The third kappa shape index (κ3) is 4.47. The Hall–Kier alpha value is -2.78. The SMILES string of the molecule is Cc1cc(C)c(C)c(S(=O)(=O)N2CCN(C(=O)Cc3ccccc3[N+](=O)[O-])CC2)c1C. The molecule has 1 fully saturated rings. The summed E-state index contributed by atoms with van der Waals surface area (Å²) in [6.45, 7) is 8.33. The lowest BCUT2D eigenvalue weighted by molar-refractivity contribution is -0.385. The van der Waals surface area contributed by atoms with Crippen LogP contribution in [0.15, 0.2) is 35.2 Å². The highest BCUT2D eigenvalue weighted by atomic mass is 32.2. The second kappa shape index (κ2) is 8.76. The van der Waals surface area contributed by atoms with Gasteiger partial charge in [-0.1, -0.05) is 24.3 Å². The first-order valence-electron chi connectivity index (χ1n) is 10.1. The molecule has 1 aliphatic rings. The van der Waals surface area contributed by atoms with Crippen molar-refractivity contribution < 1.29 is 18.1 Å². The van der Waals surface area contributed by atoms with Crippen LogP contribution < -0.4 is 0 Å². The minimum Gasteiger partial charge on any atom is -0.340 e. The average molecular weight is 446 g/mol. The molecule has 166 valence electrons. The molecule has 0 atom stereocenters. The summed E-state index contributed by atoms with van der Waals surface area (Å²) in [5.74, 6) is -0.245. The Labute approximate surface area is 182 Å². The van der Waals surface area contributed by atoms with Crippen molar-refractivity contribution in [2.45, 2.75) is 39.0 Å². The zero-order valence-electron chi connectivity index (χ0n) is 18.2. The topological polar surface area (TPSA) is 101 Å². The van der Waals surface area contributed by atoms with Crippen LogP contribution >= 0.6 is 0 Å². The smallest absolute Gasteiger partial charge is 0.273 e. The number of hydrogen-bond donors (Lipinski definition) is 0.